The van der Waals surface area contributed by atoms with Crippen LogP contribution < -0.4 is 5.73 Å². The third-order valence-electron chi connectivity index (χ3n) is 3.60. The lowest BCUT2D eigenvalue weighted by Gasteiger charge is -2.10. The summed E-state index contributed by atoms with van der Waals surface area (Å²) in [6, 6.07) is 7.72. The van der Waals surface area contributed by atoms with Crippen LogP contribution in [-0.2, 0) is 13.5 Å². The molecule has 0 saturated carbocycles. The largest absolute Gasteiger partial charge is 0.464 e. The first kappa shape index (κ1) is 13.2. The van der Waals surface area contributed by atoms with Gasteiger partial charge in [0.2, 0.25) is 0 Å². The molecule has 104 valence electrons. The summed E-state index contributed by atoms with van der Waals surface area (Å²) in [7, 11) is 1.83. The van der Waals surface area contributed by atoms with E-state index in [1.807, 2.05) is 38.2 Å². The van der Waals surface area contributed by atoms with Crippen molar-refractivity contribution >= 4 is 22.6 Å². The molecule has 1 atom stereocenters. The molecule has 0 aliphatic rings. The Kier molecular flexibility index (Phi) is 3.28. The highest BCUT2D eigenvalue weighted by Crippen LogP contribution is 2.29. The molecule has 0 amide bonds. The maximum atomic E-state index is 6.33. The van der Waals surface area contributed by atoms with Crippen molar-refractivity contribution in [3.8, 4) is 0 Å². The second-order valence-corrected chi connectivity index (χ2v) is 5.33. The molecule has 0 radical (unpaired) electrons. The normalized spacial score (nSPS) is 13.0. The molecule has 5 heteroatoms. The molecule has 0 aliphatic heterocycles. The van der Waals surface area contributed by atoms with Crippen molar-refractivity contribution in [1.82, 2.24) is 9.78 Å². The van der Waals surface area contributed by atoms with Crippen molar-refractivity contribution in [2.45, 2.75) is 19.4 Å². The lowest BCUT2D eigenvalue weighted by molar-refractivity contribution is 0.599. The maximum absolute atomic E-state index is 6.33. The van der Waals surface area contributed by atoms with Gasteiger partial charge < -0.3 is 10.2 Å². The lowest BCUT2D eigenvalue weighted by Crippen LogP contribution is -2.13. The average Bonchev–Trinajstić information content (AvgIpc) is 2.96. The molecule has 3 rings (SSSR count). The molecule has 1 aromatic carbocycles. The van der Waals surface area contributed by atoms with E-state index in [1.165, 1.54) is 0 Å². The van der Waals surface area contributed by atoms with Gasteiger partial charge >= 0.3 is 0 Å². The SMILES string of the molecule is Cc1nn(C)c(Cl)c1CC(N)c1coc2ccccc12. The molecule has 1 unspecified atom stereocenters. The number of furan rings is 1. The fourth-order valence-corrected chi connectivity index (χ4v) is 2.77. The van der Waals surface area contributed by atoms with Crippen LogP contribution in [0.4, 0.5) is 0 Å². The number of aryl methyl sites for hydroxylation is 2. The van der Waals surface area contributed by atoms with E-state index >= 15 is 0 Å². The molecule has 2 heterocycles. The number of nitrogens with two attached hydrogens (primary N) is 1. The van der Waals surface area contributed by atoms with Crippen molar-refractivity contribution in [1.29, 1.82) is 0 Å². The number of nitrogens with zero attached hydrogens (tertiary/aromatic N) is 2. The van der Waals surface area contributed by atoms with Crippen LogP contribution in [0.3, 0.4) is 0 Å². The molecule has 2 aromatic heterocycles. The highest BCUT2D eigenvalue weighted by atomic mass is 35.5. The molecule has 0 spiro atoms. The van der Waals surface area contributed by atoms with Crippen LogP contribution >= 0.6 is 11.6 Å². The summed E-state index contributed by atoms with van der Waals surface area (Å²) in [5.74, 6) is 0. The molecular weight excluding hydrogens is 274 g/mol. The van der Waals surface area contributed by atoms with Crippen LogP contribution in [-0.4, -0.2) is 9.78 Å². The zero-order valence-corrected chi connectivity index (χ0v) is 12.2. The second kappa shape index (κ2) is 4.96. The van der Waals surface area contributed by atoms with E-state index in [0.29, 0.717) is 11.6 Å². The Morgan fingerprint density at radius 1 is 1.40 bits per heavy atom. The molecule has 20 heavy (non-hydrogen) atoms. The first-order valence-electron chi connectivity index (χ1n) is 6.47. The number of hydrogen-bond acceptors (Lipinski definition) is 3. The molecule has 0 aliphatic carbocycles. The molecule has 0 saturated heterocycles. The zero-order valence-electron chi connectivity index (χ0n) is 11.4. The smallest absolute Gasteiger partial charge is 0.134 e. The second-order valence-electron chi connectivity index (χ2n) is 4.98. The summed E-state index contributed by atoms with van der Waals surface area (Å²) in [6.45, 7) is 1.95. The zero-order chi connectivity index (χ0) is 14.3. The van der Waals surface area contributed by atoms with Gasteiger partial charge in [-0.15, -0.1) is 0 Å². The lowest BCUT2D eigenvalue weighted by atomic mass is 10.00. The molecule has 0 fully saturated rings. The van der Waals surface area contributed by atoms with Gasteiger partial charge in [-0.05, 0) is 19.4 Å². The predicted molar refractivity (Wildman–Crippen MR) is 79.8 cm³/mol. The van der Waals surface area contributed by atoms with E-state index < -0.39 is 0 Å². The van der Waals surface area contributed by atoms with Crippen LogP contribution in [0.25, 0.3) is 11.0 Å². The fraction of sp³-hybridized carbons (Fsp3) is 0.267. The van der Waals surface area contributed by atoms with E-state index in [4.69, 9.17) is 21.8 Å². The highest BCUT2D eigenvalue weighted by Gasteiger charge is 2.18. The van der Waals surface area contributed by atoms with Gasteiger partial charge in [0.05, 0.1) is 12.0 Å². The van der Waals surface area contributed by atoms with Crippen molar-refractivity contribution in [3.05, 3.63) is 52.5 Å². The summed E-state index contributed by atoms with van der Waals surface area (Å²) in [5, 5.41) is 6.01. The number of fused-ring (bicyclic) bond motifs is 1. The monoisotopic (exact) mass is 289 g/mol. The summed E-state index contributed by atoms with van der Waals surface area (Å²) >= 11 is 6.26. The fourth-order valence-electron chi connectivity index (χ4n) is 2.52. The first-order valence-corrected chi connectivity index (χ1v) is 6.85. The van der Waals surface area contributed by atoms with Crippen molar-refractivity contribution in [2.24, 2.45) is 12.8 Å². The Bertz CT molecular complexity index is 760. The third kappa shape index (κ3) is 2.11. The number of benzene rings is 1. The van der Waals surface area contributed by atoms with Gasteiger partial charge in [0, 0.05) is 29.6 Å². The van der Waals surface area contributed by atoms with E-state index in [2.05, 4.69) is 5.10 Å². The Balaban J connectivity index is 1.95. The molecule has 4 nitrogen and oxygen atoms in total. The van der Waals surface area contributed by atoms with Gasteiger partial charge in [-0.3, -0.25) is 4.68 Å². The van der Waals surface area contributed by atoms with Crippen molar-refractivity contribution in [3.63, 3.8) is 0 Å². The van der Waals surface area contributed by atoms with E-state index in [9.17, 15) is 0 Å². The van der Waals surface area contributed by atoms with Gasteiger partial charge in [0.15, 0.2) is 0 Å². The minimum absolute atomic E-state index is 0.168. The summed E-state index contributed by atoms with van der Waals surface area (Å²) in [5.41, 5.74) is 10.1. The third-order valence-corrected chi connectivity index (χ3v) is 4.08. The van der Waals surface area contributed by atoms with Crippen LogP contribution in [0, 0.1) is 6.92 Å². The average molecular weight is 290 g/mol. The predicted octanol–water partition coefficient (Wildman–Crippen LogP) is 3.37. The Morgan fingerprint density at radius 2 is 2.15 bits per heavy atom. The Morgan fingerprint density at radius 3 is 2.85 bits per heavy atom. The summed E-state index contributed by atoms with van der Waals surface area (Å²) < 4.78 is 7.21. The van der Waals surface area contributed by atoms with E-state index in [-0.39, 0.29) is 6.04 Å². The number of rotatable bonds is 3. The van der Waals surface area contributed by atoms with Gasteiger partial charge in [0.25, 0.3) is 0 Å². The topological polar surface area (TPSA) is 57.0 Å². The van der Waals surface area contributed by atoms with Crippen LogP contribution in [0.2, 0.25) is 5.15 Å². The molecule has 2 N–H and O–H groups in total. The Hall–Kier alpha value is -1.78. The van der Waals surface area contributed by atoms with Crippen LogP contribution in [0.15, 0.2) is 34.9 Å². The molecular formula is C15H16ClN3O. The summed E-state index contributed by atoms with van der Waals surface area (Å²) in [6.07, 6.45) is 2.37. The maximum Gasteiger partial charge on any atom is 0.134 e. The first-order chi connectivity index (χ1) is 9.58. The Labute approximate surface area is 122 Å². The van der Waals surface area contributed by atoms with Crippen LogP contribution in [0.1, 0.15) is 22.9 Å². The van der Waals surface area contributed by atoms with Crippen molar-refractivity contribution < 1.29 is 4.42 Å². The van der Waals surface area contributed by atoms with Crippen molar-refractivity contribution in [2.75, 3.05) is 0 Å². The number of aromatic nitrogens is 2. The standard InChI is InChI=1S/C15H16ClN3O/c1-9-11(15(16)19(2)18-9)7-13(17)12-8-20-14-6-4-3-5-10(12)14/h3-6,8,13H,7,17H2,1-2H3. The number of halogens is 1. The molecule has 0 bridgehead atoms. The summed E-state index contributed by atoms with van der Waals surface area (Å²) in [4.78, 5) is 0. The van der Waals surface area contributed by atoms with Crippen LogP contribution in [0.5, 0.6) is 0 Å². The van der Waals surface area contributed by atoms with Gasteiger partial charge in [-0.25, -0.2) is 0 Å². The number of para-hydroxylation sites is 1. The van der Waals surface area contributed by atoms with E-state index in [0.717, 1.165) is 27.8 Å². The van der Waals surface area contributed by atoms with E-state index in [1.54, 1.807) is 10.9 Å². The number of hydrogen-bond donors (Lipinski definition) is 1. The highest BCUT2D eigenvalue weighted by molar-refractivity contribution is 6.30. The van der Waals surface area contributed by atoms with Gasteiger partial charge in [-0.2, -0.15) is 5.10 Å². The van der Waals surface area contributed by atoms with Gasteiger partial charge in [0.1, 0.15) is 10.7 Å². The minimum atomic E-state index is -0.168. The quantitative estimate of drug-likeness (QED) is 0.804. The van der Waals surface area contributed by atoms with Gasteiger partial charge in [-0.1, -0.05) is 29.8 Å². The molecule has 3 aromatic rings. The minimum Gasteiger partial charge on any atom is -0.464 e.